The molecule has 14 heavy (non-hydrogen) atoms. The molecule has 0 radical (unpaired) electrons. The number of rotatable bonds is 3. The van der Waals surface area contributed by atoms with Crippen LogP contribution in [-0.2, 0) is 0 Å². The Kier molecular flexibility index (Phi) is 3.73. The quantitative estimate of drug-likeness (QED) is 0.430. The Morgan fingerprint density at radius 2 is 2.29 bits per heavy atom. The van der Waals surface area contributed by atoms with Crippen molar-refractivity contribution in [2.45, 2.75) is 26.8 Å². The van der Waals surface area contributed by atoms with E-state index in [9.17, 15) is 0 Å². The Balaban J connectivity index is 3.01. The normalized spacial score (nSPS) is 12.3. The second-order valence-corrected chi connectivity index (χ2v) is 3.45. The first-order chi connectivity index (χ1) is 6.65. The first kappa shape index (κ1) is 10.8. The number of hydrogen-bond donors (Lipinski definition) is 2. The molecule has 0 amide bonds. The van der Waals surface area contributed by atoms with E-state index in [1.165, 1.54) is 11.9 Å². The van der Waals surface area contributed by atoms with Crippen molar-refractivity contribution in [2.75, 3.05) is 0 Å². The number of nitrogens with one attached hydrogen (secondary N) is 1. The van der Waals surface area contributed by atoms with Crippen LogP contribution in [-0.4, -0.2) is 9.97 Å². The summed E-state index contributed by atoms with van der Waals surface area (Å²) in [5.74, 6) is 5.47. The van der Waals surface area contributed by atoms with Gasteiger partial charge >= 0.3 is 0 Å². The first-order valence-corrected chi connectivity index (χ1v) is 4.52. The van der Waals surface area contributed by atoms with Gasteiger partial charge < -0.3 is 0 Å². The van der Waals surface area contributed by atoms with Crippen molar-refractivity contribution >= 4 is 0 Å². The van der Waals surface area contributed by atoms with Crippen molar-refractivity contribution in [2.24, 2.45) is 5.84 Å². The largest absolute Gasteiger partial charge is 0.271 e. The second-order valence-electron chi connectivity index (χ2n) is 3.45. The fourth-order valence-corrected chi connectivity index (χ4v) is 1.27. The van der Waals surface area contributed by atoms with E-state index in [0.29, 0.717) is 0 Å². The lowest BCUT2D eigenvalue weighted by molar-refractivity contribution is 0.642. The monoisotopic (exact) mass is 192 g/mol. The molecular weight excluding hydrogens is 176 g/mol. The first-order valence-electron chi connectivity index (χ1n) is 4.52. The number of allylic oxidation sites excluding steroid dienone is 1. The van der Waals surface area contributed by atoms with Gasteiger partial charge in [-0.25, -0.2) is 15.4 Å². The molecule has 4 heteroatoms. The summed E-state index contributed by atoms with van der Waals surface area (Å²) in [5.41, 5.74) is 5.89. The lowest BCUT2D eigenvalue weighted by Gasteiger charge is -2.13. The van der Waals surface area contributed by atoms with Crippen LogP contribution in [0.5, 0.6) is 0 Å². The van der Waals surface area contributed by atoms with Gasteiger partial charge in [-0.05, 0) is 20.8 Å². The Hall–Kier alpha value is -1.26. The summed E-state index contributed by atoms with van der Waals surface area (Å²) in [5, 5.41) is 0. The summed E-state index contributed by atoms with van der Waals surface area (Å²) >= 11 is 0. The summed E-state index contributed by atoms with van der Waals surface area (Å²) < 4.78 is 0. The van der Waals surface area contributed by atoms with Crippen molar-refractivity contribution < 1.29 is 0 Å². The van der Waals surface area contributed by atoms with E-state index in [1.54, 1.807) is 6.20 Å². The van der Waals surface area contributed by atoms with Gasteiger partial charge in [0.05, 0.1) is 6.04 Å². The molecule has 0 spiro atoms. The highest BCUT2D eigenvalue weighted by molar-refractivity contribution is 5.24. The molecule has 0 aliphatic heterocycles. The molecule has 1 aromatic heterocycles. The second kappa shape index (κ2) is 4.83. The van der Waals surface area contributed by atoms with Gasteiger partial charge in [0.2, 0.25) is 0 Å². The van der Waals surface area contributed by atoms with Gasteiger partial charge in [-0.1, -0.05) is 11.6 Å². The van der Waals surface area contributed by atoms with Crippen LogP contribution in [0.4, 0.5) is 0 Å². The number of nitrogens with zero attached hydrogens (tertiary/aromatic N) is 2. The summed E-state index contributed by atoms with van der Waals surface area (Å²) in [4.78, 5) is 8.11. The van der Waals surface area contributed by atoms with Gasteiger partial charge in [-0.3, -0.25) is 5.84 Å². The molecular formula is C10H16N4. The molecule has 76 valence electrons. The van der Waals surface area contributed by atoms with Crippen LogP contribution in [0.15, 0.2) is 24.2 Å². The van der Waals surface area contributed by atoms with E-state index in [0.717, 1.165) is 11.3 Å². The van der Waals surface area contributed by atoms with Crippen LogP contribution in [0.2, 0.25) is 0 Å². The minimum absolute atomic E-state index is 0.0128. The van der Waals surface area contributed by atoms with Crippen molar-refractivity contribution in [1.82, 2.24) is 15.4 Å². The smallest absolute Gasteiger partial charge is 0.115 e. The molecule has 3 N–H and O–H groups in total. The van der Waals surface area contributed by atoms with E-state index in [4.69, 9.17) is 5.84 Å². The molecule has 4 nitrogen and oxygen atoms in total. The minimum atomic E-state index is -0.0128. The van der Waals surface area contributed by atoms with Crippen LogP contribution in [0.1, 0.15) is 31.1 Å². The predicted octanol–water partition coefficient (Wildman–Crippen LogP) is 1.26. The Morgan fingerprint density at radius 1 is 1.57 bits per heavy atom. The van der Waals surface area contributed by atoms with Gasteiger partial charge in [0.15, 0.2) is 0 Å². The maximum atomic E-state index is 5.47. The average molecular weight is 192 g/mol. The lowest BCUT2D eigenvalue weighted by Crippen LogP contribution is -2.27. The summed E-state index contributed by atoms with van der Waals surface area (Å²) in [6, 6.07) is -0.0128. The number of aryl methyl sites for hydroxylation is 1. The van der Waals surface area contributed by atoms with Gasteiger partial charge in [0.1, 0.15) is 6.33 Å². The fraction of sp³-hybridized carbons (Fsp3) is 0.400. The molecule has 1 unspecified atom stereocenters. The highest BCUT2D eigenvalue weighted by Gasteiger charge is 2.09. The Bertz CT molecular complexity index is 329. The standard InChI is InChI=1S/C10H16N4/c1-7(2)4-10(14-11)9-5-12-6-13-8(9)3/h4-6,10,14H,11H2,1-3H3. The van der Waals surface area contributed by atoms with Gasteiger partial charge in [-0.15, -0.1) is 0 Å². The average Bonchev–Trinajstić information content (AvgIpc) is 2.15. The van der Waals surface area contributed by atoms with Crippen molar-refractivity contribution in [3.63, 3.8) is 0 Å². The highest BCUT2D eigenvalue weighted by Crippen LogP contribution is 2.16. The maximum Gasteiger partial charge on any atom is 0.115 e. The van der Waals surface area contributed by atoms with Crippen LogP contribution in [0.25, 0.3) is 0 Å². The zero-order chi connectivity index (χ0) is 10.6. The third-order valence-electron chi connectivity index (χ3n) is 1.96. The third-order valence-corrected chi connectivity index (χ3v) is 1.96. The van der Waals surface area contributed by atoms with E-state index >= 15 is 0 Å². The van der Waals surface area contributed by atoms with Crippen LogP contribution in [0, 0.1) is 6.92 Å². The number of hydrazine groups is 1. The molecule has 1 rings (SSSR count). The molecule has 0 aromatic carbocycles. The number of nitrogens with two attached hydrogens (primary N) is 1. The Morgan fingerprint density at radius 3 is 2.79 bits per heavy atom. The van der Waals surface area contributed by atoms with Crippen LogP contribution >= 0.6 is 0 Å². The zero-order valence-electron chi connectivity index (χ0n) is 8.78. The predicted molar refractivity (Wildman–Crippen MR) is 56.3 cm³/mol. The molecule has 1 aromatic rings. The van der Waals surface area contributed by atoms with Crippen LogP contribution in [0.3, 0.4) is 0 Å². The van der Waals surface area contributed by atoms with Gasteiger partial charge in [0.25, 0.3) is 0 Å². The van der Waals surface area contributed by atoms with Crippen molar-refractivity contribution in [1.29, 1.82) is 0 Å². The third kappa shape index (κ3) is 2.61. The number of hydrogen-bond acceptors (Lipinski definition) is 4. The van der Waals surface area contributed by atoms with E-state index < -0.39 is 0 Å². The lowest BCUT2D eigenvalue weighted by atomic mass is 10.1. The molecule has 0 saturated carbocycles. The molecule has 1 atom stereocenters. The Labute approximate surface area is 84.2 Å². The summed E-state index contributed by atoms with van der Waals surface area (Å²) in [7, 11) is 0. The molecule has 0 bridgehead atoms. The number of aromatic nitrogens is 2. The molecule has 0 saturated heterocycles. The molecule has 1 heterocycles. The summed E-state index contributed by atoms with van der Waals surface area (Å²) in [6.45, 7) is 6.01. The molecule has 0 aliphatic carbocycles. The van der Waals surface area contributed by atoms with Gasteiger partial charge in [-0.2, -0.15) is 0 Å². The highest BCUT2D eigenvalue weighted by atomic mass is 15.2. The van der Waals surface area contributed by atoms with Gasteiger partial charge in [0, 0.05) is 17.5 Å². The minimum Gasteiger partial charge on any atom is -0.271 e. The van der Waals surface area contributed by atoms with Crippen molar-refractivity contribution in [3.05, 3.63) is 35.4 Å². The van der Waals surface area contributed by atoms with Crippen LogP contribution < -0.4 is 11.3 Å². The summed E-state index contributed by atoms with van der Waals surface area (Å²) in [6.07, 6.45) is 5.37. The SMILES string of the molecule is CC(C)=CC(NN)c1cncnc1C. The molecule has 0 aliphatic rings. The van der Waals surface area contributed by atoms with E-state index in [-0.39, 0.29) is 6.04 Å². The zero-order valence-corrected chi connectivity index (χ0v) is 8.78. The van der Waals surface area contributed by atoms with E-state index in [1.807, 2.05) is 26.8 Å². The van der Waals surface area contributed by atoms with Crippen molar-refractivity contribution in [3.8, 4) is 0 Å². The maximum absolute atomic E-state index is 5.47. The topological polar surface area (TPSA) is 63.8 Å². The van der Waals surface area contributed by atoms with E-state index in [2.05, 4.69) is 15.4 Å². The fourth-order valence-electron chi connectivity index (χ4n) is 1.27. The molecule has 0 fully saturated rings.